The van der Waals surface area contributed by atoms with Crippen LogP contribution in [0.25, 0.3) is 0 Å². The van der Waals surface area contributed by atoms with Crippen molar-refractivity contribution in [1.82, 2.24) is 0 Å². The average molecular weight is 337 g/mol. The minimum Gasteiger partial charge on any atom is -0.161 e. The van der Waals surface area contributed by atoms with Crippen molar-refractivity contribution in [1.29, 1.82) is 0 Å². The van der Waals surface area contributed by atoms with Gasteiger partial charge in [-0.15, -0.1) is 8.78 Å². The SMILES string of the molecule is Cc1ccc([I+]C(F)(F)C(F)(F)F)cc1. The summed E-state index contributed by atoms with van der Waals surface area (Å²) in [7, 11) is 0. The Balaban J connectivity index is 2.82. The van der Waals surface area contributed by atoms with Gasteiger partial charge in [0.1, 0.15) is 0 Å². The van der Waals surface area contributed by atoms with Crippen molar-refractivity contribution in [3.63, 3.8) is 0 Å². The fraction of sp³-hybridized carbons (Fsp3) is 0.333. The van der Waals surface area contributed by atoms with E-state index in [2.05, 4.69) is 0 Å². The van der Waals surface area contributed by atoms with Gasteiger partial charge in [0.05, 0.1) is 0 Å². The topological polar surface area (TPSA) is 0 Å². The van der Waals surface area contributed by atoms with Crippen LogP contribution in [0.1, 0.15) is 5.56 Å². The molecule has 0 saturated carbocycles. The van der Waals surface area contributed by atoms with Crippen LogP contribution in [0.3, 0.4) is 0 Å². The van der Waals surface area contributed by atoms with E-state index in [1.807, 2.05) is 0 Å². The van der Waals surface area contributed by atoms with E-state index in [4.69, 9.17) is 0 Å². The lowest BCUT2D eigenvalue weighted by Gasteiger charge is -2.07. The maximum Gasteiger partial charge on any atom is 0.543 e. The van der Waals surface area contributed by atoms with Crippen LogP contribution in [0.5, 0.6) is 0 Å². The molecule has 0 heterocycles. The second kappa shape index (κ2) is 4.23. The fourth-order valence-corrected chi connectivity index (χ4v) is 2.59. The molecule has 1 rings (SSSR count). The molecule has 0 saturated heterocycles. The first-order valence-corrected chi connectivity index (χ1v) is 6.05. The van der Waals surface area contributed by atoms with Gasteiger partial charge < -0.3 is 0 Å². The first-order chi connectivity index (χ1) is 6.72. The van der Waals surface area contributed by atoms with Gasteiger partial charge in [0.25, 0.3) is 0 Å². The van der Waals surface area contributed by atoms with Crippen LogP contribution in [0, 0.1) is 10.5 Å². The third kappa shape index (κ3) is 3.29. The second-order valence-corrected chi connectivity index (χ2v) is 6.03. The monoisotopic (exact) mass is 337 g/mol. The van der Waals surface area contributed by atoms with E-state index in [9.17, 15) is 22.0 Å². The molecule has 0 nitrogen and oxygen atoms in total. The molecular weight excluding hydrogens is 330 g/mol. The summed E-state index contributed by atoms with van der Waals surface area (Å²) in [5, 5.41) is 0. The first-order valence-electron chi connectivity index (χ1n) is 3.89. The van der Waals surface area contributed by atoms with E-state index in [0.717, 1.165) is 5.56 Å². The van der Waals surface area contributed by atoms with Crippen LogP contribution in [-0.4, -0.2) is 10.1 Å². The summed E-state index contributed by atoms with van der Waals surface area (Å²) in [6, 6.07) is 5.70. The van der Waals surface area contributed by atoms with Crippen molar-refractivity contribution in [3.8, 4) is 0 Å². The molecule has 0 aliphatic rings. The Morgan fingerprint density at radius 2 is 1.40 bits per heavy atom. The Hall–Kier alpha value is -0.400. The molecule has 0 unspecified atom stereocenters. The predicted molar refractivity (Wildman–Crippen MR) is 40.9 cm³/mol. The van der Waals surface area contributed by atoms with E-state index in [1.165, 1.54) is 24.3 Å². The van der Waals surface area contributed by atoms with E-state index in [0.29, 0.717) is 0 Å². The van der Waals surface area contributed by atoms with Crippen LogP contribution in [0.15, 0.2) is 24.3 Å². The highest BCUT2D eigenvalue weighted by molar-refractivity contribution is 5.11. The number of alkyl halides is 6. The molecule has 1 aromatic rings. The molecule has 0 spiro atoms. The lowest BCUT2D eigenvalue weighted by Crippen LogP contribution is -3.68. The van der Waals surface area contributed by atoms with Crippen molar-refractivity contribution in [2.45, 2.75) is 17.0 Å². The molecule has 0 N–H and O–H groups in total. The molecule has 0 radical (unpaired) electrons. The van der Waals surface area contributed by atoms with Crippen molar-refractivity contribution in [2.24, 2.45) is 0 Å². The number of halogens is 6. The summed E-state index contributed by atoms with van der Waals surface area (Å²) in [6.45, 7) is 1.74. The maximum atomic E-state index is 12.6. The Kier molecular flexibility index (Phi) is 3.57. The van der Waals surface area contributed by atoms with Gasteiger partial charge in [-0.3, -0.25) is 0 Å². The zero-order valence-corrected chi connectivity index (χ0v) is 9.73. The Labute approximate surface area is 93.7 Å². The molecule has 15 heavy (non-hydrogen) atoms. The quantitative estimate of drug-likeness (QED) is 0.417. The fourth-order valence-electron chi connectivity index (χ4n) is 0.787. The molecule has 0 aromatic heterocycles. The van der Waals surface area contributed by atoms with Crippen LogP contribution < -0.4 is 21.2 Å². The number of hydrogen-bond acceptors (Lipinski definition) is 0. The van der Waals surface area contributed by atoms with Crippen LogP contribution >= 0.6 is 0 Å². The smallest absolute Gasteiger partial charge is 0.161 e. The number of benzene rings is 1. The molecule has 0 fully saturated rings. The first kappa shape index (κ1) is 12.7. The summed E-state index contributed by atoms with van der Waals surface area (Å²) in [6.07, 6.45) is -5.44. The maximum absolute atomic E-state index is 12.6. The van der Waals surface area contributed by atoms with E-state index < -0.39 is 31.3 Å². The zero-order valence-electron chi connectivity index (χ0n) is 7.58. The van der Waals surface area contributed by atoms with E-state index >= 15 is 0 Å². The minimum atomic E-state index is -5.44. The second-order valence-electron chi connectivity index (χ2n) is 2.89. The van der Waals surface area contributed by atoms with Crippen molar-refractivity contribution < 1.29 is 43.2 Å². The van der Waals surface area contributed by atoms with Crippen molar-refractivity contribution in [2.75, 3.05) is 0 Å². The van der Waals surface area contributed by atoms with Gasteiger partial charge in [0.2, 0.25) is 0 Å². The van der Waals surface area contributed by atoms with Gasteiger partial charge >= 0.3 is 31.3 Å². The van der Waals surface area contributed by atoms with Gasteiger partial charge in [0.15, 0.2) is 3.57 Å². The standard InChI is InChI=1S/C9H7F5I/c1-6-2-4-7(5-3-6)15-9(13,14)8(10,11)12/h2-5H,1H3/q+1. The highest BCUT2D eigenvalue weighted by atomic mass is 127. The molecule has 84 valence electrons. The van der Waals surface area contributed by atoms with E-state index in [1.54, 1.807) is 6.92 Å². The average Bonchev–Trinajstić information content (AvgIpc) is 2.06. The number of aryl methyl sites for hydroxylation is 1. The van der Waals surface area contributed by atoms with Crippen LogP contribution in [0.2, 0.25) is 0 Å². The van der Waals surface area contributed by atoms with Gasteiger partial charge in [0, 0.05) is 0 Å². The van der Waals surface area contributed by atoms with Gasteiger partial charge in [-0.2, -0.15) is 13.2 Å². The van der Waals surface area contributed by atoms with Crippen LogP contribution in [0.4, 0.5) is 22.0 Å². The molecule has 1 aromatic carbocycles. The molecule has 0 bridgehead atoms. The predicted octanol–water partition coefficient (Wildman–Crippen LogP) is 0.409. The normalized spacial score (nSPS) is 12.9. The molecule has 0 aliphatic carbocycles. The largest absolute Gasteiger partial charge is 0.543 e. The van der Waals surface area contributed by atoms with Gasteiger partial charge in [-0.1, -0.05) is 17.7 Å². The van der Waals surface area contributed by atoms with Gasteiger partial charge in [-0.05, 0) is 19.1 Å². The Bertz CT molecular complexity index is 327. The summed E-state index contributed by atoms with van der Waals surface area (Å²) in [4.78, 5) is 0. The third-order valence-electron chi connectivity index (χ3n) is 1.56. The minimum absolute atomic E-state index is 0.0849. The lowest BCUT2D eigenvalue weighted by molar-refractivity contribution is -0.791. The molecule has 6 heteroatoms. The summed E-state index contributed by atoms with van der Waals surface area (Å²) < 4.78 is 56.4. The molecule has 0 aliphatic heterocycles. The third-order valence-corrected chi connectivity index (χ3v) is 4.19. The molecular formula is C9H7F5I+. The molecule has 0 amide bonds. The van der Waals surface area contributed by atoms with E-state index in [-0.39, 0.29) is 3.57 Å². The lowest BCUT2D eigenvalue weighted by atomic mass is 10.2. The van der Waals surface area contributed by atoms with Crippen molar-refractivity contribution >= 4 is 0 Å². The highest BCUT2D eigenvalue weighted by Gasteiger charge is 2.70. The Morgan fingerprint density at radius 1 is 0.933 bits per heavy atom. The number of rotatable bonds is 2. The summed E-state index contributed by atoms with van der Waals surface area (Å²) >= 11 is -2.38. The highest BCUT2D eigenvalue weighted by Crippen LogP contribution is 2.27. The zero-order chi connectivity index (χ0) is 11.7. The van der Waals surface area contributed by atoms with Crippen LogP contribution in [-0.2, 0) is 0 Å². The molecule has 0 atom stereocenters. The summed E-state index contributed by atoms with van der Waals surface area (Å²) in [5.74, 6) is 0. The Morgan fingerprint density at radius 3 is 1.80 bits per heavy atom. The number of hydrogen-bond donors (Lipinski definition) is 0. The van der Waals surface area contributed by atoms with Crippen molar-refractivity contribution in [3.05, 3.63) is 33.4 Å². The van der Waals surface area contributed by atoms with Gasteiger partial charge in [-0.25, -0.2) is 0 Å². The summed E-state index contributed by atoms with van der Waals surface area (Å²) in [5.41, 5.74) is 0.832.